The molecular weight excluding hydrogens is 1340 g/mol. The molecule has 0 aliphatic rings. The van der Waals surface area contributed by atoms with Gasteiger partial charge in [-0.2, -0.15) is 0 Å². The largest absolute Gasteiger partial charge is 0.311 e. The van der Waals surface area contributed by atoms with E-state index in [1.807, 2.05) is 34.8 Å². The number of thiophene rings is 3. The molecule has 4 nitrogen and oxygen atoms in total. The molecular formula is C99H108N4S3. The van der Waals surface area contributed by atoms with Crippen molar-refractivity contribution in [3.63, 3.8) is 0 Å². The monoisotopic (exact) mass is 1450 g/mol. The van der Waals surface area contributed by atoms with E-state index in [9.17, 15) is 0 Å². The molecule has 0 bridgehead atoms. The molecule has 0 spiro atoms. The first-order valence-corrected chi connectivity index (χ1v) is 40.3. The number of unbranched alkanes of at least 4 members (excludes halogenated alkanes) is 2. The molecule has 11 aromatic carbocycles. The van der Waals surface area contributed by atoms with Gasteiger partial charge in [0.05, 0.1) is 0 Å². The van der Waals surface area contributed by atoms with E-state index < -0.39 is 0 Å². The van der Waals surface area contributed by atoms with Gasteiger partial charge in [-0.3, -0.25) is 0 Å². The van der Waals surface area contributed by atoms with Crippen LogP contribution in [0.2, 0.25) is 0 Å². The molecule has 14 aromatic rings. The normalized spacial score (nSPS) is 10.7. The van der Waals surface area contributed by atoms with Crippen LogP contribution in [0.4, 0.5) is 68.2 Å². The summed E-state index contributed by atoms with van der Waals surface area (Å²) in [7, 11) is 0. The molecule has 3 aromatic heterocycles. The summed E-state index contributed by atoms with van der Waals surface area (Å²) in [5, 5.41) is 2.08. The van der Waals surface area contributed by atoms with E-state index in [0.29, 0.717) is 5.92 Å². The summed E-state index contributed by atoms with van der Waals surface area (Å²) in [6.07, 6.45) is 9.48. The molecule has 0 radical (unpaired) electrons. The van der Waals surface area contributed by atoms with E-state index in [2.05, 4.69) is 424 Å². The van der Waals surface area contributed by atoms with Crippen LogP contribution in [-0.2, 0) is 19.3 Å². The number of anilines is 12. The average molecular weight is 1450 g/mol. The fourth-order valence-electron chi connectivity index (χ4n) is 12.1. The van der Waals surface area contributed by atoms with Crippen LogP contribution in [0.25, 0.3) is 0 Å². The molecule has 0 amide bonds. The smallest absolute Gasteiger partial charge is 0.0463 e. The topological polar surface area (TPSA) is 13.0 Å². The van der Waals surface area contributed by atoms with Crippen molar-refractivity contribution in [3.8, 4) is 0 Å². The Hall–Kier alpha value is -10.3. The van der Waals surface area contributed by atoms with Gasteiger partial charge in [0.15, 0.2) is 0 Å². The maximum atomic E-state index is 2.35. The van der Waals surface area contributed by atoms with Crippen molar-refractivity contribution in [2.45, 2.75) is 140 Å². The third kappa shape index (κ3) is 24.7. The number of hydrogen-bond donors (Lipinski definition) is 0. The van der Waals surface area contributed by atoms with Crippen molar-refractivity contribution in [1.29, 1.82) is 0 Å². The lowest BCUT2D eigenvalue weighted by atomic mass is 9.98. The Kier molecular flexibility index (Phi) is 32.1. The van der Waals surface area contributed by atoms with Gasteiger partial charge in [-0.15, -0.1) is 34.0 Å². The van der Waals surface area contributed by atoms with E-state index in [0.717, 1.165) is 35.6 Å². The van der Waals surface area contributed by atoms with Crippen LogP contribution in [0.1, 0.15) is 130 Å². The van der Waals surface area contributed by atoms with Gasteiger partial charge in [0.25, 0.3) is 0 Å². The minimum absolute atomic E-state index is 0.601. The van der Waals surface area contributed by atoms with Crippen molar-refractivity contribution < 1.29 is 0 Å². The maximum absolute atomic E-state index is 2.35. The molecule has 0 aliphatic heterocycles. The molecule has 106 heavy (non-hydrogen) atoms. The Labute approximate surface area is 648 Å². The molecule has 0 saturated carbocycles. The predicted octanol–water partition coefficient (Wildman–Crippen LogP) is 31.1. The van der Waals surface area contributed by atoms with Crippen molar-refractivity contribution in [2.75, 3.05) is 19.6 Å². The molecule has 542 valence electrons. The average Bonchev–Trinajstić information content (AvgIpc) is 0.840. The van der Waals surface area contributed by atoms with Crippen molar-refractivity contribution in [2.24, 2.45) is 0 Å². The Morgan fingerprint density at radius 2 is 0.538 bits per heavy atom. The maximum Gasteiger partial charge on any atom is 0.0463 e. The molecule has 14 rings (SSSR count). The number of aryl methyl sites for hydroxylation is 10. The highest BCUT2D eigenvalue weighted by Gasteiger charge is 2.18. The molecule has 1 atom stereocenters. The lowest BCUT2D eigenvalue weighted by molar-refractivity contribution is 0.733. The van der Waals surface area contributed by atoms with Crippen LogP contribution in [0.3, 0.4) is 0 Å². The van der Waals surface area contributed by atoms with Gasteiger partial charge < -0.3 is 19.6 Å². The second-order valence-electron chi connectivity index (χ2n) is 26.9. The van der Waals surface area contributed by atoms with E-state index in [4.69, 9.17) is 0 Å². The highest BCUT2D eigenvalue weighted by molar-refractivity contribution is 7.12. The summed E-state index contributed by atoms with van der Waals surface area (Å²) in [6.45, 7) is 26.1. The number of benzene rings is 11. The lowest BCUT2D eigenvalue weighted by Crippen LogP contribution is -2.12. The van der Waals surface area contributed by atoms with E-state index in [-0.39, 0.29) is 0 Å². The standard InChI is InChI=1S/C39H42N2.C23H25N.C19H17N.C7H10S.C6H8S.C5H6S/c1-4-6-11-32-17-23-36(24-18-32)40(34-13-9-8-10-14-34)38-27-29-39(30-28-38)41(35-21-15-31(3)16-22-35)37-25-19-33(20-26-37)12-7-5-2;1-4-19(3)20-12-16-23(17-13-20)24(21-8-6-5-7-9-21)22-14-10-18(2)11-15-22;1-16-12-14-19(15-13-16)20(17-8-4-2-5-9-17)18-10-6-3-7-11-18;1-3-7-5-4-6(2)8-7;1-5-3-4-6(2)7-5;1-5-3-2-4-6-5/h8-10,13-30H,4-7,11-12H2,1-3H3;5-17,19H,4H2,1-3H3;2-15H,1H3;4-5H,3H2,1-2H3;3-4H,1-2H3;2-4H,1H3. The van der Waals surface area contributed by atoms with Crippen LogP contribution in [-0.4, -0.2) is 0 Å². The Bertz CT molecular complexity index is 4610. The van der Waals surface area contributed by atoms with Crippen LogP contribution in [0.15, 0.2) is 333 Å². The highest BCUT2D eigenvalue weighted by Crippen LogP contribution is 2.41. The Morgan fingerprint density at radius 3 is 0.755 bits per heavy atom. The zero-order valence-corrected chi connectivity index (χ0v) is 67.0. The van der Waals surface area contributed by atoms with Gasteiger partial charge in [-0.05, 0) is 291 Å². The molecule has 0 N–H and O–H groups in total. The molecule has 3 heterocycles. The van der Waals surface area contributed by atoms with E-state index >= 15 is 0 Å². The predicted molar refractivity (Wildman–Crippen MR) is 469 cm³/mol. The highest BCUT2D eigenvalue weighted by atomic mass is 32.1. The zero-order valence-electron chi connectivity index (χ0n) is 64.5. The molecule has 1 unspecified atom stereocenters. The van der Waals surface area contributed by atoms with E-state index in [1.165, 1.54) is 142 Å². The molecule has 0 fully saturated rings. The third-order valence-corrected chi connectivity index (χ3v) is 21.2. The number of rotatable bonds is 21. The van der Waals surface area contributed by atoms with Gasteiger partial charge in [-0.1, -0.05) is 216 Å². The molecule has 0 aliphatic carbocycles. The lowest BCUT2D eigenvalue weighted by Gasteiger charge is -2.28. The van der Waals surface area contributed by atoms with Crippen LogP contribution >= 0.6 is 34.0 Å². The fourth-order valence-corrected chi connectivity index (χ4v) is 14.2. The minimum Gasteiger partial charge on any atom is -0.311 e. The summed E-state index contributed by atoms with van der Waals surface area (Å²) in [6, 6.07) is 117. The van der Waals surface area contributed by atoms with Gasteiger partial charge >= 0.3 is 0 Å². The first-order chi connectivity index (χ1) is 51.7. The summed E-state index contributed by atoms with van der Waals surface area (Å²) >= 11 is 5.51. The second-order valence-corrected chi connectivity index (χ2v) is 30.9. The van der Waals surface area contributed by atoms with Crippen molar-refractivity contribution in [3.05, 3.63) is 391 Å². The quantitative estimate of drug-likeness (QED) is 0.0711. The van der Waals surface area contributed by atoms with Gasteiger partial charge in [0, 0.05) is 92.6 Å². The second kappa shape index (κ2) is 42.6. The molecule has 0 saturated heterocycles. The minimum atomic E-state index is 0.601. The van der Waals surface area contributed by atoms with Crippen molar-refractivity contribution in [1.82, 2.24) is 0 Å². The SMILES string of the molecule is CCC(C)c1ccc(N(c2ccccc2)c2ccc(C)cc2)cc1.CCCCc1ccc(N(c2ccccc2)c2ccc(N(c3ccc(C)cc3)c3ccc(CCCC)cc3)cc2)cc1.CCc1ccc(C)s1.Cc1ccc(C)s1.Cc1ccc(N(c2ccccc2)c2ccccc2)cc1.Cc1cccs1. The number of nitrogens with zero attached hydrogens (tertiary/aromatic N) is 4. The summed E-state index contributed by atoms with van der Waals surface area (Å²) < 4.78 is 0. The Morgan fingerprint density at radius 1 is 0.264 bits per heavy atom. The fraction of sp³-hybridized carbons (Fsp3) is 0.212. The van der Waals surface area contributed by atoms with Crippen LogP contribution in [0, 0.1) is 48.5 Å². The third-order valence-electron chi connectivity index (χ3n) is 18.3. The first kappa shape index (κ1) is 79.8. The zero-order chi connectivity index (χ0) is 74.8. The summed E-state index contributed by atoms with van der Waals surface area (Å²) in [4.78, 5) is 16.3. The number of para-hydroxylation sites is 4. The Balaban J connectivity index is 0.000000168. The van der Waals surface area contributed by atoms with Crippen molar-refractivity contribution >= 4 is 102 Å². The van der Waals surface area contributed by atoms with Crippen LogP contribution < -0.4 is 19.6 Å². The van der Waals surface area contributed by atoms with Gasteiger partial charge in [-0.25, -0.2) is 0 Å². The summed E-state index contributed by atoms with van der Waals surface area (Å²) in [5.41, 5.74) is 22.0. The van der Waals surface area contributed by atoms with Gasteiger partial charge in [0.2, 0.25) is 0 Å². The molecule has 7 heteroatoms. The van der Waals surface area contributed by atoms with Crippen LogP contribution in [0.5, 0.6) is 0 Å². The first-order valence-electron chi connectivity index (χ1n) is 37.8. The number of hydrogen-bond acceptors (Lipinski definition) is 7. The van der Waals surface area contributed by atoms with Gasteiger partial charge in [0.1, 0.15) is 0 Å². The summed E-state index contributed by atoms with van der Waals surface area (Å²) in [5.74, 6) is 0.601. The van der Waals surface area contributed by atoms with E-state index in [1.54, 1.807) is 11.3 Å².